The highest BCUT2D eigenvalue weighted by Gasteiger charge is 2.45. The van der Waals surface area contributed by atoms with Gasteiger partial charge in [-0.05, 0) is 52.3 Å². The van der Waals surface area contributed by atoms with Crippen molar-refractivity contribution in [1.82, 2.24) is 15.2 Å². The van der Waals surface area contributed by atoms with Crippen LogP contribution in [0, 0.1) is 6.92 Å². The summed E-state index contributed by atoms with van der Waals surface area (Å²) in [5, 5.41) is 3.19. The Morgan fingerprint density at radius 2 is 2.36 bits per heavy atom. The number of ether oxygens (including phenoxy) is 1. The first-order valence-electron chi connectivity index (χ1n) is 8.14. The highest BCUT2D eigenvalue weighted by molar-refractivity contribution is 5.78. The van der Waals surface area contributed by atoms with Gasteiger partial charge in [0.2, 0.25) is 11.8 Å². The summed E-state index contributed by atoms with van der Waals surface area (Å²) in [7, 11) is 2.10. The Kier molecular flexibility index (Phi) is 4.34. The molecule has 1 amide bonds. The third-order valence-electron chi connectivity index (χ3n) is 4.80. The number of hydrogen-bond donors (Lipinski definition) is 1. The summed E-state index contributed by atoms with van der Waals surface area (Å²) in [4.78, 5) is 18.8. The quantitative estimate of drug-likeness (QED) is 0.872. The van der Waals surface area contributed by atoms with Crippen LogP contribution in [0.5, 0.6) is 5.88 Å². The summed E-state index contributed by atoms with van der Waals surface area (Å²) in [5.41, 5.74) is 0.857. The van der Waals surface area contributed by atoms with Gasteiger partial charge in [0.05, 0.1) is 5.54 Å². The third kappa shape index (κ3) is 3.58. The molecule has 1 saturated carbocycles. The van der Waals surface area contributed by atoms with Gasteiger partial charge >= 0.3 is 0 Å². The van der Waals surface area contributed by atoms with Crippen LogP contribution in [0.15, 0.2) is 18.3 Å². The number of aryl methyl sites for hydroxylation is 1. The lowest BCUT2D eigenvalue weighted by atomic mass is 10.1. The molecule has 2 fully saturated rings. The fourth-order valence-electron chi connectivity index (χ4n) is 3.08. The van der Waals surface area contributed by atoms with Crippen LogP contribution in [0.3, 0.4) is 0 Å². The number of aromatic nitrogens is 1. The van der Waals surface area contributed by atoms with Crippen molar-refractivity contribution < 1.29 is 9.53 Å². The summed E-state index contributed by atoms with van der Waals surface area (Å²) in [6.07, 6.45) is 6.63. The van der Waals surface area contributed by atoms with Crippen LogP contribution >= 0.6 is 0 Å². The zero-order valence-electron chi connectivity index (χ0n) is 13.5. The Bertz CT molecular complexity index is 542. The zero-order valence-corrected chi connectivity index (χ0v) is 13.5. The Hall–Kier alpha value is -1.62. The number of rotatable bonds is 6. The summed E-state index contributed by atoms with van der Waals surface area (Å²) < 4.78 is 5.82. The Labute approximate surface area is 132 Å². The molecular formula is C17H25N3O2. The molecule has 0 aromatic carbocycles. The van der Waals surface area contributed by atoms with Crippen molar-refractivity contribution in [3.63, 3.8) is 0 Å². The summed E-state index contributed by atoms with van der Waals surface area (Å²) in [5.74, 6) is 0.816. The van der Waals surface area contributed by atoms with Gasteiger partial charge in [-0.25, -0.2) is 4.98 Å². The lowest BCUT2D eigenvalue weighted by Crippen LogP contribution is -2.43. The van der Waals surface area contributed by atoms with Crippen molar-refractivity contribution in [2.45, 2.75) is 50.6 Å². The monoisotopic (exact) mass is 303 g/mol. The fraction of sp³-hybridized carbons (Fsp3) is 0.647. The second kappa shape index (κ2) is 6.24. The molecule has 1 N–H and O–H groups in total. The Morgan fingerprint density at radius 1 is 1.55 bits per heavy atom. The maximum absolute atomic E-state index is 12.3. The number of likely N-dealkylation sites (tertiary alicyclic amines) is 1. The minimum Gasteiger partial charge on any atom is -0.475 e. The van der Waals surface area contributed by atoms with E-state index in [0.717, 1.165) is 31.4 Å². The molecule has 22 heavy (non-hydrogen) atoms. The molecule has 1 aromatic rings. The molecule has 1 aliphatic carbocycles. The average Bonchev–Trinajstić information content (AvgIpc) is 3.14. The standard InChI is InChI=1S/C17H25N3O2/c1-13-5-3-9-18-16(13)22-12-17(7-8-17)19-15(21)11-14-6-4-10-20(14)2/h3,5,9,14H,4,6-8,10-12H2,1-2H3,(H,19,21)/t14-/m1/s1. The van der Waals surface area contributed by atoms with Crippen LogP contribution in [0.4, 0.5) is 0 Å². The van der Waals surface area contributed by atoms with Gasteiger partial charge in [0.15, 0.2) is 0 Å². The molecule has 1 saturated heterocycles. The lowest BCUT2D eigenvalue weighted by Gasteiger charge is -2.22. The average molecular weight is 303 g/mol. The van der Waals surface area contributed by atoms with Crippen molar-refractivity contribution in [2.75, 3.05) is 20.2 Å². The summed E-state index contributed by atoms with van der Waals surface area (Å²) >= 11 is 0. The molecule has 5 heteroatoms. The topological polar surface area (TPSA) is 54.5 Å². The molecule has 1 atom stereocenters. The number of carbonyl (C=O) groups excluding carboxylic acids is 1. The zero-order chi connectivity index (χ0) is 15.6. The number of hydrogen-bond acceptors (Lipinski definition) is 4. The first-order valence-corrected chi connectivity index (χ1v) is 8.14. The van der Waals surface area contributed by atoms with E-state index in [1.807, 2.05) is 19.1 Å². The van der Waals surface area contributed by atoms with Gasteiger partial charge in [-0.15, -0.1) is 0 Å². The smallest absolute Gasteiger partial charge is 0.222 e. The second-order valence-corrected chi connectivity index (χ2v) is 6.72. The minimum absolute atomic E-state index is 0.151. The molecule has 3 rings (SSSR count). The molecule has 2 heterocycles. The molecule has 120 valence electrons. The minimum atomic E-state index is -0.168. The number of nitrogens with one attached hydrogen (secondary N) is 1. The first-order chi connectivity index (χ1) is 10.6. The number of amides is 1. The highest BCUT2D eigenvalue weighted by Crippen LogP contribution is 2.36. The van der Waals surface area contributed by atoms with Gasteiger partial charge in [-0.3, -0.25) is 4.79 Å². The highest BCUT2D eigenvalue weighted by atomic mass is 16.5. The van der Waals surface area contributed by atoms with Crippen LogP contribution < -0.4 is 10.1 Å². The van der Waals surface area contributed by atoms with Gasteiger partial charge in [0, 0.05) is 24.2 Å². The van der Waals surface area contributed by atoms with Crippen LogP contribution in [0.1, 0.15) is 37.7 Å². The van der Waals surface area contributed by atoms with Crippen molar-refractivity contribution in [1.29, 1.82) is 0 Å². The molecule has 0 bridgehead atoms. The van der Waals surface area contributed by atoms with Gasteiger partial charge < -0.3 is 15.0 Å². The number of carbonyl (C=O) groups is 1. The van der Waals surface area contributed by atoms with E-state index in [4.69, 9.17) is 4.74 Å². The van der Waals surface area contributed by atoms with Gasteiger partial charge in [0.1, 0.15) is 6.61 Å². The van der Waals surface area contributed by atoms with E-state index in [2.05, 4.69) is 22.2 Å². The van der Waals surface area contributed by atoms with Crippen LogP contribution in [-0.2, 0) is 4.79 Å². The molecular weight excluding hydrogens is 278 g/mol. The fourth-order valence-corrected chi connectivity index (χ4v) is 3.08. The van der Waals surface area contributed by atoms with E-state index in [0.29, 0.717) is 24.9 Å². The third-order valence-corrected chi connectivity index (χ3v) is 4.80. The maximum atomic E-state index is 12.3. The predicted octanol–water partition coefficient (Wildman–Crippen LogP) is 1.90. The van der Waals surface area contributed by atoms with Crippen LogP contribution in [0.25, 0.3) is 0 Å². The molecule has 2 aliphatic rings. The number of nitrogens with zero attached hydrogens (tertiary/aromatic N) is 2. The van der Waals surface area contributed by atoms with Crippen molar-refractivity contribution in [2.24, 2.45) is 0 Å². The molecule has 1 aliphatic heterocycles. The molecule has 1 aromatic heterocycles. The predicted molar refractivity (Wildman–Crippen MR) is 84.8 cm³/mol. The van der Waals surface area contributed by atoms with Gasteiger partial charge in [-0.1, -0.05) is 6.07 Å². The van der Waals surface area contributed by atoms with Crippen molar-refractivity contribution >= 4 is 5.91 Å². The second-order valence-electron chi connectivity index (χ2n) is 6.72. The van der Waals surface area contributed by atoms with E-state index in [9.17, 15) is 4.79 Å². The summed E-state index contributed by atoms with van der Waals surface area (Å²) in [6, 6.07) is 4.28. The van der Waals surface area contributed by atoms with E-state index in [-0.39, 0.29) is 11.4 Å². The van der Waals surface area contributed by atoms with E-state index < -0.39 is 0 Å². The SMILES string of the molecule is Cc1cccnc1OCC1(NC(=O)C[C@H]2CCCN2C)CC1. The summed E-state index contributed by atoms with van der Waals surface area (Å²) in [6.45, 7) is 3.60. The molecule has 5 nitrogen and oxygen atoms in total. The molecule has 0 unspecified atom stereocenters. The molecule has 0 radical (unpaired) electrons. The maximum Gasteiger partial charge on any atom is 0.222 e. The Morgan fingerprint density at radius 3 is 3.00 bits per heavy atom. The lowest BCUT2D eigenvalue weighted by molar-refractivity contribution is -0.123. The normalized spacial score (nSPS) is 23.3. The number of pyridine rings is 1. The van der Waals surface area contributed by atoms with Gasteiger partial charge in [0.25, 0.3) is 0 Å². The van der Waals surface area contributed by atoms with Crippen molar-refractivity contribution in [3.05, 3.63) is 23.9 Å². The van der Waals surface area contributed by atoms with Crippen LogP contribution in [-0.4, -0.2) is 47.6 Å². The van der Waals surface area contributed by atoms with Crippen molar-refractivity contribution in [3.8, 4) is 5.88 Å². The van der Waals surface area contributed by atoms with Crippen LogP contribution in [0.2, 0.25) is 0 Å². The van der Waals surface area contributed by atoms with E-state index >= 15 is 0 Å². The molecule has 0 spiro atoms. The van der Waals surface area contributed by atoms with E-state index in [1.54, 1.807) is 6.20 Å². The largest absolute Gasteiger partial charge is 0.475 e. The Balaban J connectivity index is 1.49. The van der Waals surface area contributed by atoms with Gasteiger partial charge in [-0.2, -0.15) is 0 Å². The van der Waals surface area contributed by atoms with E-state index in [1.165, 1.54) is 6.42 Å². The first kappa shape index (κ1) is 15.3.